The number of methoxy groups -OCH3 is 1. The van der Waals surface area contributed by atoms with E-state index in [1.807, 2.05) is 0 Å². The van der Waals surface area contributed by atoms with Crippen LogP contribution in [0.15, 0.2) is 11.6 Å². The number of allylic oxidation sites excluding steroid dienone is 1. The molecule has 0 radical (unpaired) electrons. The summed E-state index contributed by atoms with van der Waals surface area (Å²) >= 11 is 0. The zero-order chi connectivity index (χ0) is 12.1. The van der Waals surface area contributed by atoms with Crippen molar-refractivity contribution in [3.8, 4) is 6.01 Å². The molecule has 6 nitrogen and oxygen atoms in total. The van der Waals surface area contributed by atoms with Gasteiger partial charge in [-0.15, -0.1) is 5.10 Å². The van der Waals surface area contributed by atoms with Crippen LogP contribution in [0, 0.1) is 0 Å². The number of nitrogens with one attached hydrogen (secondary N) is 2. The van der Waals surface area contributed by atoms with Gasteiger partial charge in [0.2, 0.25) is 11.9 Å². The molecule has 2 N–H and O–H groups in total. The van der Waals surface area contributed by atoms with Crippen molar-refractivity contribution in [2.45, 2.75) is 32.1 Å². The average Bonchev–Trinajstić information content (AvgIpc) is 2.78. The number of rotatable bonds is 4. The Morgan fingerprint density at radius 2 is 2.47 bits per heavy atom. The van der Waals surface area contributed by atoms with Crippen molar-refractivity contribution in [3.63, 3.8) is 0 Å². The third kappa shape index (κ3) is 3.30. The molecule has 1 aromatic rings. The summed E-state index contributed by atoms with van der Waals surface area (Å²) in [6.45, 7) is 0. The lowest BCUT2D eigenvalue weighted by Crippen LogP contribution is -2.14. The number of nitrogens with zero attached hydrogens (tertiary/aromatic N) is 2. The van der Waals surface area contributed by atoms with Crippen LogP contribution in [-0.2, 0) is 4.79 Å². The molecule has 17 heavy (non-hydrogen) atoms. The van der Waals surface area contributed by atoms with Crippen molar-refractivity contribution >= 4 is 11.9 Å². The number of ether oxygens (including phenoxy) is 1. The summed E-state index contributed by atoms with van der Waals surface area (Å²) in [5.74, 6) is 0.250. The Morgan fingerprint density at radius 1 is 1.59 bits per heavy atom. The third-order valence-corrected chi connectivity index (χ3v) is 2.68. The van der Waals surface area contributed by atoms with Gasteiger partial charge in [-0.3, -0.25) is 10.1 Å². The van der Waals surface area contributed by atoms with Crippen LogP contribution >= 0.6 is 0 Å². The number of aromatic nitrogens is 3. The molecular weight excluding hydrogens is 220 g/mol. The minimum absolute atomic E-state index is 0.0723. The van der Waals surface area contributed by atoms with Crippen molar-refractivity contribution < 1.29 is 9.53 Å². The highest BCUT2D eigenvalue weighted by Crippen LogP contribution is 2.20. The number of amides is 1. The molecule has 1 heterocycles. The van der Waals surface area contributed by atoms with Crippen molar-refractivity contribution in [2.24, 2.45) is 0 Å². The van der Waals surface area contributed by atoms with E-state index in [2.05, 4.69) is 26.6 Å². The van der Waals surface area contributed by atoms with E-state index in [9.17, 15) is 4.79 Å². The van der Waals surface area contributed by atoms with Crippen LogP contribution < -0.4 is 10.1 Å². The molecule has 6 heteroatoms. The van der Waals surface area contributed by atoms with Gasteiger partial charge in [-0.2, -0.15) is 4.98 Å². The molecule has 1 amide bonds. The van der Waals surface area contributed by atoms with E-state index in [1.54, 1.807) is 0 Å². The van der Waals surface area contributed by atoms with E-state index in [-0.39, 0.29) is 11.9 Å². The maximum atomic E-state index is 11.7. The molecule has 1 aliphatic carbocycles. The summed E-state index contributed by atoms with van der Waals surface area (Å²) in [6, 6.07) is 0.220. The lowest BCUT2D eigenvalue weighted by Gasteiger charge is -2.11. The number of anilines is 1. The first-order valence-corrected chi connectivity index (χ1v) is 5.72. The fraction of sp³-hybridized carbons (Fsp3) is 0.545. The Bertz CT molecular complexity index is 425. The van der Waals surface area contributed by atoms with E-state index in [0.29, 0.717) is 12.4 Å². The molecule has 2 rings (SSSR count). The van der Waals surface area contributed by atoms with Crippen molar-refractivity contribution in [1.82, 2.24) is 15.2 Å². The molecular formula is C11H16N4O2. The zero-order valence-electron chi connectivity index (χ0n) is 9.82. The average molecular weight is 236 g/mol. The highest BCUT2D eigenvalue weighted by atomic mass is 16.5. The minimum atomic E-state index is -0.0723. The second kappa shape index (κ2) is 5.47. The van der Waals surface area contributed by atoms with Crippen molar-refractivity contribution in [1.29, 1.82) is 0 Å². The van der Waals surface area contributed by atoms with Gasteiger partial charge in [-0.25, -0.2) is 5.10 Å². The minimum Gasteiger partial charge on any atom is -0.466 e. The van der Waals surface area contributed by atoms with Crippen LogP contribution in [0.2, 0.25) is 0 Å². The summed E-state index contributed by atoms with van der Waals surface area (Å²) < 4.78 is 4.81. The first kappa shape index (κ1) is 11.6. The first-order chi connectivity index (χ1) is 8.28. The van der Waals surface area contributed by atoms with Gasteiger partial charge in [-0.05, 0) is 25.7 Å². The fourth-order valence-corrected chi connectivity index (χ4v) is 1.84. The molecule has 0 spiro atoms. The molecule has 0 aromatic carbocycles. The van der Waals surface area contributed by atoms with E-state index < -0.39 is 0 Å². The Kier molecular flexibility index (Phi) is 3.74. The van der Waals surface area contributed by atoms with E-state index in [1.165, 1.54) is 25.5 Å². The number of hydrogen-bond donors (Lipinski definition) is 2. The number of aromatic amines is 1. The predicted molar refractivity (Wildman–Crippen MR) is 62.7 cm³/mol. The van der Waals surface area contributed by atoms with E-state index in [4.69, 9.17) is 4.74 Å². The molecule has 0 aliphatic heterocycles. The summed E-state index contributed by atoms with van der Waals surface area (Å²) in [5, 5.41) is 8.99. The van der Waals surface area contributed by atoms with Crippen LogP contribution in [0.1, 0.15) is 32.1 Å². The summed E-state index contributed by atoms with van der Waals surface area (Å²) in [5.41, 5.74) is 1.21. The SMILES string of the molecule is COc1n[nH]c(NC(=O)CC2=CCCCC2)n1. The van der Waals surface area contributed by atoms with Crippen LogP contribution in [0.25, 0.3) is 0 Å². The lowest BCUT2D eigenvalue weighted by atomic mass is 9.97. The molecule has 1 aromatic heterocycles. The fourth-order valence-electron chi connectivity index (χ4n) is 1.84. The van der Waals surface area contributed by atoms with E-state index in [0.717, 1.165) is 12.8 Å². The quantitative estimate of drug-likeness (QED) is 0.779. The zero-order valence-corrected chi connectivity index (χ0v) is 9.82. The second-order valence-corrected chi connectivity index (χ2v) is 4.00. The van der Waals surface area contributed by atoms with Gasteiger partial charge in [-0.1, -0.05) is 11.6 Å². The van der Waals surface area contributed by atoms with Gasteiger partial charge < -0.3 is 4.74 Å². The molecule has 0 bridgehead atoms. The first-order valence-electron chi connectivity index (χ1n) is 5.72. The predicted octanol–water partition coefficient (Wildman–Crippen LogP) is 1.64. The number of H-pyrrole nitrogens is 1. The van der Waals surface area contributed by atoms with Gasteiger partial charge in [0, 0.05) is 6.42 Å². The summed E-state index contributed by atoms with van der Waals surface area (Å²) in [7, 11) is 1.47. The Labute approximate surface area is 99.5 Å². The standard InChI is InChI=1S/C11H16N4O2/c1-17-11-13-10(14-15-11)12-9(16)7-8-5-3-2-4-6-8/h5H,2-4,6-7H2,1H3,(H2,12,13,14,15,16). The molecule has 0 atom stereocenters. The second-order valence-electron chi connectivity index (χ2n) is 4.00. The largest absolute Gasteiger partial charge is 0.466 e. The van der Waals surface area contributed by atoms with Gasteiger partial charge >= 0.3 is 6.01 Å². The van der Waals surface area contributed by atoms with Gasteiger partial charge in [0.1, 0.15) is 0 Å². The van der Waals surface area contributed by atoms with Crippen LogP contribution in [0.4, 0.5) is 5.95 Å². The monoisotopic (exact) mass is 236 g/mol. The topological polar surface area (TPSA) is 79.9 Å². The van der Waals surface area contributed by atoms with Gasteiger partial charge in [0.05, 0.1) is 7.11 Å². The van der Waals surface area contributed by atoms with Crippen molar-refractivity contribution in [2.75, 3.05) is 12.4 Å². The molecule has 0 saturated heterocycles. The van der Waals surface area contributed by atoms with Crippen molar-refractivity contribution in [3.05, 3.63) is 11.6 Å². The molecule has 92 valence electrons. The summed E-state index contributed by atoms with van der Waals surface area (Å²) in [4.78, 5) is 15.6. The Hall–Kier alpha value is -1.85. The molecule has 0 fully saturated rings. The van der Waals surface area contributed by atoms with Crippen LogP contribution in [0.5, 0.6) is 6.01 Å². The number of carbonyl (C=O) groups is 1. The normalized spacial score (nSPS) is 15.2. The molecule has 0 unspecified atom stereocenters. The van der Waals surface area contributed by atoms with E-state index >= 15 is 0 Å². The van der Waals surface area contributed by atoms with Gasteiger partial charge in [0.15, 0.2) is 0 Å². The van der Waals surface area contributed by atoms with Crippen LogP contribution in [0.3, 0.4) is 0 Å². The molecule has 0 saturated carbocycles. The molecule has 1 aliphatic rings. The maximum Gasteiger partial charge on any atom is 0.336 e. The smallest absolute Gasteiger partial charge is 0.336 e. The van der Waals surface area contributed by atoms with Crippen LogP contribution in [-0.4, -0.2) is 28.2 Å². The third-order valence-electron chi connectivity index (χ3n) is 2.68. The van der Waals surface area contributed by atoms with Gasteiger partial charge in [0.25, 0.3) is 0 Å². The lowest BCUT2D eigenvalue weighted by molar-refractivity contribution is -0.115. The highest BCUT2D eigenvalue weighted by molar-refractivity contribution is 5.90. The maximum absolute atomic E-state index is 11.7. The number of hydrogen-bond acceptors (Lipinski definition) is 4. The Morgan fingerprint density at radius 3 is 3.12 bits per heavy atom. The highest BCUT2D eigenvalue weighted by Gasteiger charge is 2.11. The summed E-state index contributed by atoms with van der Waals surface area (Å²) in [6.07, 6.45) is 7.10. The Balaban J connectivity index is 1.86. The number of carbonyl (C=O) groups excluding carboxylic acids is 1.